The Morgan fingerprint density at radius 3 is 2.45 bits per heavy atom. The van der Waals surface area contributed by atoms with Crippen molar-refractivity contribution in [3.8, 4) is 23.5 Å². The van der Waals surface area contributed by atoms with E-state index in [4.69, 9.17) is 18.0 Å². The fourth-order valence-corrected chi connectivity index (χ4v) is 2.93. The molecular formula is C19H18ClNO. The molecule has 0 N–H and O–H groups in total. The van der Waals surface area contributed by atoms with Gasteiger partial charge >= 0.3 is 0 Å². The Hall–Kier alpha value is -2.24. The highest BCUT2D eigenvalue weighted by atomic mass is 35.5. The molecule has 0 spiro atoms. The van der Waals surface area contributed by atoms with E-state index >= 15 is 0 Å². The molecule has 3 heteroatoms. The Labute approximate surface area is 136 Å². The molecule has 0 aliphatic rings. The highest BCUT2D eigenvalue weighted by Gasteiger charge is 2.13. The number of aryl methyl sites for hydroxylation is 2. The monoisotopic (exact) mass is 311 g/mol. The van der Waals surface area contributed by atoms with E-state index in [2.05, 4.69) is 5.92 Å². The second-order valence-electron chi connectivity index (χ2n) is 5.36. The van der Waals surface area contributed by atoms with Crippen molar-refractivity contribution >= 4 is 17.5 Å². The highest BCUT2D eigenvalue weighted by Crippen LogP contribution is 2.30. The quantitative estimate of drug-likeness (QED) is 0.773. The third-order valence-electron chi connectivity index (χ3n) is 3.57. The second kappa shape index (κ2) is 6.68. The van der Waals surface area contributed by atoms with Crippen molar-refractivity contribution in [2.75, 3.05) is 13.6 Å². The molecule has 0 aliphatic carbocycles. The van der Waals surface area contributed by atoms with Crippen molar-refractivity contribution < 1.29 is 4.79 Å². The first-order valence-electron chi connectivity index (χ1n) is 7.00. The van der Waals surface area contributed by atoms with Gasteiger partial charge in [0, 0.05) is 17.6 Å². The van der Waals surface area contributed by atoms with Crippen LogP contribution in [0, 0.1) is 26.2 Å². The Kier molecular flexibility index (Phi) is 4.90. The summed E-state index contributed by atoms with van der Waals surface area (Å²) in [4.78, 5) is 13.9. The van der Waals surface area contributed by atoms with E-state index in [1.807, 2.05) is 44.2 Å². The van der Waals surface area contributed by atoms with Crippen molar-refractivity contribution in [1.29, 1.82) is 0 Å². The van der Waals surface area contributed by atoms with Crippen LogP contribution in [0.15, 0.2) is 36.4 Å². The third-order valence-corrected chi connectivity index (χ3v) is 3.79. The first-order valence-corrected chi connectivity index (χ1v) is 7.38. The Balaban J connectivity index is 2.46. The maximum absolute atomic E-state index is 12.4. The minimum atomic E-state index is -0.0796. The first kappa shape index (κ1) is 16.1. The van der Waals surface area contributed by atoms with Crippen molar-refractivity contribution in [3.05, 3.63) is 58.1 Å². The number of benzene rings is 2. The lowest BCUT2D eigenvalue weighted by Gasteiger charge is -2.16. The predicted molar refractivity (Wildman–Crippen MR) is 92.2 cm³/mol. The summed E-state index contributed by atoms with van der Waals surface area (Å²) in [7, 11) is 1.70. The number of carbonyl (C=O) groups is 1. The molecule has 0 aromatic heterocycles. The van der Waals surface area contributed by atoms with E-state index in [9.17, 15) is 4.79 Å². The molecule has 0 unspecified atom stereocenters. The van der Waals surface area contributed by atoms with Crippen LogP contribution in [0.3, 0.4) is 0 Å². The standard InChI is InChI=1S/C19H18ClNO/c1-5-9-21(4)19(22)16-8-6-7-15(12-16)18-13(2)10-17(20)11-14(18)3/h1,6-8,10-12H,9H2,2-4H3. The Morgan fingerprint density at radius 2 is 1.86 bits per heavy atom. The zero-order valence-electron chi connectivity index (χ0n) is 13.0. The number of carbonyl (C=O) groups excluding carboxylic acids is 1. The van der Waals surface area contributed by atoms with E-state index in [-0.39, 0.29) is 5.91 Å². The van der Waals surface area contributed by atoms with E-state index in [0.717, 1.165) is 27.3 Å². The molecule has 0 fully saturated rings. The molecule has 2 aromatic carbocycles. The first-order chi connectivity index (χ1) is 10.4. The number of hydrogen-bond acceptors (Lipinski definition) is 1. The number of rotatable bonds is 3. The van der Waals surface area contributed by atoms with Gasteiger partial charge in [0.05, 0.1) is 6.54 Å². The number of halogens is 1. The molecule has 0 radical (unpaired) electrons. The minimum Gasteiger partial charge on any atom is -0.331 e. The molecule has 2 rings (SSSR count). The van der Waals surface area contributed by atoms with Gasteiger partial charge in [-0.2, -0.15) is 0 Å². The molecule has 112 valence electrons. The van der Waals surface area contributed by atoms with E-state index < -0.39 is 0 Å². The molecule has 22 heavy (non-hydrogen) atoms. The zero-order valence-corrected chi connectivity index (χ0v) is 13.7. The van der Waals surface area contributed by atoms with Crippen LogP contribution in [0.25, 0.3) is 11.1 Å². The fraction of sp³-hybridized carbons (Fsp3) is 0.211. The molecule has 0 bridgehead atoms. The van der Waals surface area contributed by atoms with E-state index in [1.165, 1.54) is 4.90 Å². The average Bonchev–Trinajstić information content (AvgIpc) is 2.46. The summed E-state index contributed by atoms with van der Waals surface area (Å²) in [6.07, 6.45) is 5.26. The van der Waals surface area contributed by atoms with Gasteiger partial charge < -0.3 is 4.90 Å². The second-order valence-corrected chi connectivity index (χ2v) is 5.80. The molecule has 2 nitrogen and oxygen atoms in total. The lowest BCUT2D eigenvalue weighted by atomic mass is 9.94. The Bertz CT molecular complexity index is 735. The van der Waals surface area contributed by atoms with Crippen molar-refractivity contribution in [3.63, 3.8) is 0 Å². The molecule has 1 amide bonds. The largest absolute Gasteiger partial charge is 0.331 e. The highest BCUT2D eigenvalue weighted by molar-refractivity contribution is 6.30. The van der Waals surface area contributed by atoms with Gasteiger partial charge in [-0.15, -0.1) is 6.42 Å². The van der Waals surface area contributed by atoms with Gasteiger partial charge in [0.15, 0.2) is 0 Å². The molecule has 0 heterocycles. The number of nitrogens with zero attached hydrogens (tertiary/aromatic N) is 1. The summed E-state index contributed by atoms with van der Waals surface area (Å²) in [5.41, 5.74) is 4.92. The van der Waals surface area contributed by atoms with Gasteiger partial charge in [0.2, 0.25) is 0 Å². The van der Waals surface area contributed by atoms with Crippen LogP contribution in [-0.2, 0) is 0 Å². The number of amides is 1. The molecule has 2 aromatic rings. The zero-order chi connectivity index (χ0) is 16.3. The van der Waals surface area contributed by atoms with E-state index in [0.29, 0.717) is 12.1 Å². The van der Waals surface area contributed by atoms with Crippen LogP contribution in [0.2, 0.25) is 5.02 Å². The van der Waals surface area contributed by atoms with Gasteiger partial charge in [0.1, 0.15) is 0 Å². The van der Waals surface area contributed by atoms with Crippen LogP contribution in [-0.4, -0.2) is 24.4 Å². The number of terminal acetylenes is 1. The lowest BCUT2D eigenvalue weighted by Crippen LogP contribution is -2.26. The topological polar surface area (TPSA) is 20.3 Å². The summed E-state index contributed by atoms with van der Waals surface area (Å²) in [6, 6.07) is 11.5. The lowest BCUT2D eigenvalue weighted by molar-refractivity contribution is 0.0812. The van der Waals surface area contributed by atoms with Crippen LogP contribution in [0.5, 0.6) is 0 Å². The van der Waals surface area contributed by atoms with Crippen LogP contribution >= 0.6 is 11.6 Å². The summed E-state index contributed by atoms with van der Waals surface area (Å²) >= 11 is 6.09. The summed E-state index contributed by atoms with van der Waals surface area (Å²) in [5.74, 6) is 2.40. The van der Waals surface area contributed by atoms with Gasteiger partial charge in [-0.3, -0.25) is 4.79 Å². The SMILES string of the molecule is C#CCN(C)C(=O)c1cccc(-c2c(C)cc(Cl)cc2C)c1. The molecule has 0 aliphatic heterocycles. The third kappa shape index (κ3) is 3.32. The van der Waals surface area contributed by atoms with Crippen LogP contribution < -0.4 is 0 Å². The Morgan fingerprint density at radius 1 is 1.23 bits per heavy atom. The van der Waals surface area contributed by atoms with Crippen LogP contribution in [0.1, 0.15) is 21.5 Å². The fourth-order valence-electron chi connectivity index (χ4n) is 2.60. The van der Waals surface area contributed by atoms with Crippen molar-refractivity contribution in [2.45, 2.75) is 13.8 Å². The van der Waals surface area contributed by atoms with Gasteiger partial charge in [-0.25, -0.2) is 0 Å². The summed E-state index contributed by atoms with van der Waals surface area (Å²) in [5, 5.41) is 0.722. The average molecular weight is 312 g/mol. The predicted octanol–water partition coefficient (Wildman–Crippen LogP) is 4.33. The van der Waals surface area contributed by atoms with Gasteiger partial charge in [-0.1, -0.05) is 29.7 Å². The molecule has 0 saturated carbocycles. The molecular weight excluding hydrogens is 294 g/mol. The minimum absolute atomic E-state index is 0.0796. The van der Waals surface area contributed by atoms with Crippen LogP contribution in [0.4, 0.5) is 0 Å². The molecule has 0 saturated heterocycles. The summed E-state index contributed by atoms with van der Waals surface area (Å²) in [6.45, 7) is 4.34. The molecule has 0 atom stereocenters. The van der Waals surface area contributed by atoms with E-state index in [1.54, 1.807) is 13.1 Å². The maximum Gasteiger partial charge on any atom is 0.254 e. The van der Waals surface area contributed by atoms with Gasteiger partial charge in [-0.05, 0) is 60.4 Å². The summed E-state index contributed by atoms with van der Waals surface area (Å²) < 4.78 is 0. The van der Waals surface area contributed by atoms with Crippen molar-refractivity contribution in [1.82, 2.24) is 4.90 Å². The number of hydrogen-bond donors (Lipinski definition) is 0. The normalized spacial score (nSPS) is 10.1. The smallest absolute Gasteiger partial charge is 0.254 e. The van der Waals surface area contributed by atoms with Crippen molar-refractivity contribution in [2.24, 2.45) is 0 Å². The van der Waals surface area contributed by atoms with Gasteiger partial charge in [0.25, 0.3) is 5.91 Å². The maximum atomic E-state index is 12.4.